The fraction of sp³-hybridized carbons (Fsp3) is 0.464. The molecule has 0 saturated heterocycles. The molecule has 0 fully saturated rings. The van der Waals surface area contributed by atoms with Gasteiger partial charge in [0.1, 0.15) is 17.9 Å². The topological polar surface area (TPSA) is 57.9 Å². The molecule has 33 heavy (non-hydrogen) atoms. The highest BCUT2D eigenvalue weighted by molar-refractivity contribution is 5.86. The predicted molar refractivity (Wildman–Crippen MR) is 136 cm³/mol. The summed E-state index contributed by atoms with van der Waals surface area (Å²) in [6.45, 7) is 13.0. The Kier molecular flexibility index (Phi) is 10.8. The average molecular weight is 455 g/mol. The van der Waals surface area contributed by atoms with Crippen LogP contribution in [0.2, 0.25) is 0 Å². The summed E-state index contributed by atoms with van der Waals surface area (Å²) in [5.41, 5.74) is 2.41. The standard InChI is InChI=1S/C28H38O5/c1-7-8-9-10-17-30-23-14-15-24-25(19-23)33-28(29)27(32-21(4)5)26(24)31-18-16-22(6)13-11-12-20(2)3/h8-9,12,14-16,19,21H,7,10-11,13,17-18H2,1-6H3/b9-8?,22-16+. The molecule has 0 bridgehead atoms. The molecule has 5 heteroatoms. The van der Waals surface area contributed by atoms with Crippen LogP contribution in [0.3, 0.4) is 0 Å². The molecule has 2 rings (SSSR count). The molecule has 0 N–H and O–H groups in total. The Hall–Kier alpha value is -2.95. The zero-order chi connectivity index (χ0) is 24.2. The van der Waals surface area contributed by atoms with Crippen molar-refractivity contribution in [1.29, 1.82) is 0 Å². The summed E-state index contributed by atoms with van der Waals surface area (Å²) in [5.74, 6) is 1.15. The van der Waals surface area contributed by atoms with E-state index in [0.29, 0.717) is 35.7 Å². The summed E-state index contributed by atoms with van der Waals surface area (Å²) in [7, 11) is 0. The van der Waals surface area contributed by atoms with Crippen LogP contribution in [-0.4, -0.2) is 19.3 Å². The zero-order valence-corrected chi connectivity index (χ0v) is 20.9. The van der Waals surface area contributed by atoms with Crippen molar-refractivity contribution >= 4 is 11.0 Å². The minimum atomic E-state index is -0.557. The summed E-state index contributed by atoms with van der Waals surface area (Å²) in [6.07, 6.45) is 12.1. The lowest BCUT2D eigenvalue weighted by Gasteiger charge is -2.15. The van der Waals surface area contributed by atoms with Gasteiger partial charge in [0.25, 0.3) is 0 Å². The third-order valence-electron chi connectivity index (χ3n) is 4.85. The number of ether oxygens (including phenoxy) is 3. The molecule has 1 aromatic carbocycles. The Morgan fingerprint density at radius 2 is 1.82 bits per heavy atom. The Morgan fingerprint density at radius 1 is 1.03 bits per heavy atom. The molecular formula is C28H38O5. The third-order valence-corrected chi connectivity index (χ3v) is 4.85. The van der Waals surface area contributed by atoms with Gasteiger partial charge in [-0.25, -0.2) is 4.79 Å². The van der Waals surface area contributed by atoms with Crippen molar-refractivity contribution in [1.82, 2.24) is 0 Å². The average Bonchev–Trinajstić information content (AvgIpc) is 2.75. The smallest absolute Gasteiger partial charge is 0.383 e. The predicted octanol–water partition coefficient (Wildman–Crippen LogP) is 7.39. The van der Waals surface area contributed by atoms with Crippen molar-refractivity contribution in [3.05, 3.63) is 64.1 Å². The van der Waals surface area contributed by atoms with Gasteiger partial charge >= 0.3 is 5.63 Å². The number of hydrogen-bond donors (Lipinski definition) is 0. The highest BCUT2D eigenvalue weighted by atomic mass is 16.5. The summed E-state index contributed by atoms with van der Waals surface area (Å²) in [6, 6.07) is 5.44. The van der Waals surface area contributed by atoms with E-state index in [1.165, 1.54) is 11.1 Å². The van der Waals surface area contributed by atoms with Crippen molar-refractivity contribution in [3.8, 4) is 17.2 Å². The van der Waals surface area contributed by atoms with E-state index in [0.717, 1.165) is 25.7 Å². The summed E-state index contributed by atoms with van der Waals surface area (Å²) >= 11 is 0. The Labute approximate surface area is 197 Å². The van der Waals surface area contributed by atoms with E-state index in [2.05, 4.69) is 45.9 Å². The summed E-state index contributed by atoms with van der Waals surface area (Å²) < 4.78 is 23.2. The van der Waals surface area contributed by atoms with Gasteiger partial charge in [-0.05, 0) is 78.5 Å². The molecule has 0 aliphatic carbocycles. The van der Waals surface area contributed by atoms with Crippen LogP contribution in [0.1, 0.15) is 67.2 Å². The van der Waals surface area contributed by atoms with Crippen molar-refractivity contribution < 1.29 is 18.6 Å². The van der Waals surface area contributed by atoms with Crippen LogP contribution in [0.5, 0.6) is 17.2 Å². The Balaban J connectivity index is 2.25. The monoisotopic (exact) mass is 454 g/mol. The minimum Gasteiger partial charge on any atom is -0.493 e. The van der Waals surface area contributed by atoms with Crippen molar-refractivity contribution in [2.24, 2.45) is 0 Å². The van der Waals surface area contributed by atoms with Crippen LogP contribution in [0.25, 0.3) is 11.0 Å². The first-order valence-electron chi connectivity index (χ1n) is 11.8. The van der Waals surface area contributed by atoms with Gasteiger partial charge in [0.05, 0.1) is 18.1 Å². The molecule has 1 aromatic heterocycles. The summed E-state index contributed by atoms with van der Waals surface area (Å²) in [4.78, 5) is 12.7. The highest BCUT2D eigenvalue weighted by Gasteiger charge is 2.19. The second kappa shape index (κ2) is 13.6. The van der Waals surface area contributed by atoms with E-state index in [4.69, 9.17) is 18.6 Å². The van der Waals surface area contributed by atoms with Crippen LogP contribution in [0.15, 0.2) is 62.9 Å². The molecule has 2 aromatic rings. The molecule has 0 aliphatic rings. The molecule has 180 valence electrons. The fourth-order valence-corrected chi connectivity index (χ4v) is 3.19. The molecule has 0 atom stereocenters. The maximum atomic E-state index is 12.7. The zero-order valence-electron chi connectivity index (χ0n) is 20.9. The molecule has 0 amide bonds. The van der Waals surface area contributed by atoms with Gasteiger partial charge in [-0.2, -0.15) is 0 Å². The SMILES string of the molecule is CCC=CCCOc1ccc2c(OC/C=C(\C)CCC=C(C)C)c(OC(C)C)c(=O)oc2c1. The van der Waals surface area contributed by atoms with Crippen molar-refractivity contribution in [2.45, 2.75) is 73.3 Å². The minimum absolute atomic E-state index is 0.103. The van der Waals surface area contributed by atoms with Crippen LogP contribution >= 0.6 is 0 Å². The first kappa shape index (κ1) is 26.3. The molecule has 0 aliphatic heterocycles. The van der Waals surface area contributed by atoms with E-state index in [-0.39, 0.29) is 11.9 Å². The van der Waals surface area contributed by atoms with E-state index < -0.39 is 5.63 Å². The van der Waals surface area contributed by atoms with Gasteiger partial charge in [-0.3, -0.25) is 0 Å². The van der Waals surface area contributed by atoms with Gasteiger partial charge in [-0.15, -0.1) is 0 Å². The number of benzene rings is 1. The van der Waals surface area contributed by atoms with Gasteiger partial charge in [0.15, 0.2) is 5.75 Å². The molecule has 0 radical (unpaired) electrons. The third kappa shape index (κ3) is 8.83. The van der Waals surface area contributed by atoms with Gasteiger partial charge in [-0.1, -0.05) is 36.3 Å². The second-order valence-electron chi connectivity index (χ2n) is 8.57. The van der Waals surface area contributed by atoms with Gasteiger partial charge in [0.2, 0.25) is 5.75 Å². The molecule has 0 saturated carbocycles. The van der Waals surface area contributed by atoms with Crippen molar-refractivity contribution in [3.63, 3.8) is 0 Å². The fourth-order valence-electron chi connectivity index (χ4n) is 3.19. The molecule has 0 unspecified atom stereocenters. The lowest BCUT2D eigenvalue weighted by Crippen LogP contribution is -2.15. The van der Waals surface area contributed by atoms with Gasteiger partial charge < -0.3 is 18.6 Å². The number of fused-ring (bicyclic) bond motifs is 1. The van der Waals surface area contributed by atoms with E-state index in [1.54, 1.807) is 6.07 Å². The summed E-state index contributed by atoms with van der Waals surface area (Å²) in [5, 5.41) is 0.680. The quantitative estimate of drug-likeness (QED) is 0.179. The first-order chi connectivity index (χ1) is 15.8. The van der Waals surface area contributed by atoms with Crippen molar-refractivity contribution in [2.75, 3.05) is 13.2 Å². The number of allylic oxidation sites excluding steroid dienone is 4. The van der Waals surface area contributed by atoms with Crippen LogP contribution in [0, 0.1) is 0 Å². The molecule has 0 spiro atoms. The van der Waals surface area contributed by atoms with Gasteiger partial charge in [0, 0.05) is 6.07 Å². The van der Waals surface area contributed by atoms with Crippen LogP contribution in [0.4, 0.5) is 0 Å². The lowest BCUT2D eigenvalue weighted by molar-refractivity contribution is 0.216. The molecule has 1 heterocycles. The maximum Gasteiger partial charge on any atom is 0.383 e. The highest BCUT2D eigenvalue weighted by Crippen LogP contribution is 2.35. The lowest BCUT2D eigenvalue weighted by atomic mass is 10.1. The Morgan fingerprint density at radius 3 is 2.52 bits per heavy atom. The first-order valence-corrected chi connectivity index (χ1v) is 11.8. The Bertz CT molecular complexity index is 1040. The van der Waals surface area contributed by atoms with E-state index >= 15 is 0 Å². The second-order valence-corrected chi connectivity index (χ2v) is 8.57. The number of rotatable bonds is 13. The maximum absolute atomic E-state index is 12.7. The van der Waals surface area contributed by atoms with E-state index in [1.807, 2.05) is 32.1 Å². The normalized spacial score (nSPS) is 11.9. The molecular weight excluding hydrogens is 416 g/mol. The molecule has 5 nitrogen and oxygen atoms in total. The van der Waals surface area contributed by atoms with Crippen LogP contribution in [-0.2, 0) is 0 Å². The largest absolute Gasteiger partial charge is 0.493 e. The number of hydrogen-bond acceptors (Lipinski definition) is 5. The van der Waals surface area contributed by atoms with E-state index in [9.17, 15) is 4.79 Å². The van der Waals surface area contributed by atoms with Crippen LogP contribution < -0.4 is 19.8 Å².